The number of carbonyl (C=O) groups excluding carboxylic acids is 1. The number of hydroxylamine groups is 1. The van der Waals surface area contributed by atoms with Crippen LogP contribution in [0.1, 0.15) is 30.9 Å². The first-order valence-electron chi connectivity index (χ1n) is 15.6. The van der Waals surface area contributed by atoms with Crippen LogP contribution in [0.15, 0.2) is 55.4 Å². The van der Waals surface area contributed by atoms with E-state index in [9.17, 15) is 13.6 Å². The molecule has 0 aliphatic carbocycles. The van der Waals surface area contributed by atoms with Crippen LogP contribution in [0.4, 0.5) is 37.5 Å². The highest BCUT2D eigenvalue weighted by molar-refractivity contribution is 6.02. The summed E-state index contributed by atoms with van der Waals surface area (Å²) in [6.45, 7) is 10.0. The molecule has 3 aliphatic rings. The van der Waals surface area contributed by atoms with Gasteiger partial charge in [0.2, 0.25) is 5.91 Å². The van der Waals surface area contributed by atoms with E-state index in [-0.39, 0.29) is 11.5 Å². The van der Waals surface area contributed by atoms with Gasteiger partial charge >= 0.3 is 0 Å². The van der Waals surface area contributed by atoms with Crippen molar-refractivity contribution in [3.8, 4) is 5.75 Å². The highest BCUT2D eigenvalue weighted by Gasteiger charge is 2.32. The zero-order valence-corrected chi connectivity index (χ0v) is 26.2. The summed E-state index contributed by atoms with van der Waals surface area (Å²) >= 11 is 0. The molecule has 0 spiro atoms. The number of likely N-dealkylation sites (N-methyl/N-ethyl adjacent to an activating group) is 1. The Morgan fingerprint density at radius 3 is 2.57 bits per heavy atom. The van der Waals surface area contributed by atoms with Crippen LogP contribution in [0.2, 0.25) is 0 Å². The average molecular weight is 635 g/mol. The van der Waals surface area contributed by atoms with Crippen LogP contribution in [-0.2, 0) is 9.63 Å². The molecule has 0 unspecified atom stereocenters. The first-order valence-corrected chi connectivity index (χ1v) is 15.6. The van der Waals surface area contributed by atoms with Crippen molar-refractivity contribution >= 4 is 34.6 Å². The smallest absolute Gasteiger partial charge is 0.247 e. The third-order valence-corrected chi connectivity index (χ3v) is 9.01. The lowest BCUT2D eigenvalue weighted by Crippen LogP contribution is -2.52. The number of carbonyl (C=O) groups is 1. The van der Waals surface area contributed by atoms with Gasteiger partial charge in [-0.15, -0.1) is 0 Å². The summed E-state index contributed by atoms with van der Waals surface area (Å²) < 4.78 is 34.5. The summed E-state index contributed by atoms with van der Waals surface area (Å²) in [5.74, 6) is -0.788. The van der Waals surface area contributed by atoms with Gasteiger partial charge < -0.3 is 25.2 Å². The fourth-order valence-corrected chi connectivity index (χ4v) is 6.47. The molecule has 0 saturated carbocycles. The molecular formula is C33H40F2N8O3. The minimum atomic E-state index is -0.913. The first kappa shape index (κ1) is 31.6. The zero-order chi connectivity index (χ0) is 32.2. The fourth-order valence-electron chi connectivity index (χ4n) is 6.47. The number of amides is 1. The molecule has 13 heteroatoms. The number of piperazine rings is 1. The lowest BCUT2D eigenvalue weighted by molar-refractivity contribution is -0.111. The van der Waals surface area contributed by atoms with Gasteiger partial charge in [0.1, 0.15) is 17.9 Å². The molecule has 0 radical (unpaired) electrons. The van der Waals surface area contributed by atoms with Crippen molar-refractivity contribution in [2.45, 2.75) is 31.3 Å². The van der Waals surface area contributed by atoms with Crippen LogP contribution in [-0.4, -0.2) is 91.7 Å². The molecular weight excluding hydrogens is 594 g/mol. The number of aromatic nitrogens is 2. The summed E-state index contributed by atoms with van der Waals surface area (Å²) in [6, 6.07) is 9.50. The van der Waals surface area contributed by atoms with Gasteiger partial charge in [0.05, 0.1) is 36.8 Å². The highest BCUT2D eigenvalue weighted by atomic mass is 19.2. The summed E-state index contributed by atoms with van der Waals surface area (Å²) in [6.07, 6.45) is 5.13. The summed E-state index contributed by atoms with van der Waals surface area (Å²) in [5.41, 5.74) is 2.24. The largest absolute Gasteiger partial charge is 0.494 e. The maximum Gasteiger partial charge on any atom is 0.247 e. The first-order chi connectivity index (χ1) is 22.3. The molecule has 1 atom stereocenters. The maximum absolute atomic E-state index is 14.7. The topological polar surface area (TPSA) is 98.3 Å². The van der Waals surface area contributed by atoms with E-state index in [0.717, 1.165) is 63.9 Å². The lowest BCUT2D eigenvalue weighted by Gasteiger charge is -2.43. The number of anilines is 5. The Bertz CT molecular complexity index is 1560. The molecule has 2 N–H and O–H groups in total. The van der Waals surface area contributed by atoms with E-state index >= 15 is 0 Å². The Balaban J connectivity index is 1.23. The lowest BCUT2D eigenvalue weighted by atomic mass is 10.0. The van der Waals surface area contributed by atoms with E-state index in [1.54, 1.807) is 19.2 Å². The number of nitrogens with one attached hydrogen (secondary N) is 2. The van der Waals surface area contributed by atoms with Gasteiger partial charge in [0.25, 0.3) is 0 Å². The van der Waals surface area contributed by atoms with E-state index in [2.05, 4.69) is 48.9 Å². The second kappa shape index (κ2) is 14.0. The predicted octanol–water partition coefficient (Wildman–Crippen LogP) is 4.73. The van der Waals surface area contributed by atoms with Gasteiger partial charge in [-0.25, -0.2) is 23.8 Å². The molecule has 2 aromatic carbocycles. The minimum Gasteiger partial charge on any atom is -0.494 e. The second-order valence-electron chi connectivity index (χ2n) is 11.8. The number of hydrogen-bond donors (Lipinski definition) is 2. The van der Waals surface area contributed by atoms with Crippen LogP contribution in [0.5, 0.6) is 5.75 Å². The van der Waals surface area contributed by atoms with Crippen LogP contribution < -0.4 is 25.3 Å². The predicted molar refractivity (Wildman–Crippen MR) is 174 cm³/mol. The summed E-state index contributed by atoms with van der Waals surface area (Å²) in [4.78, 5) is 34.3. The minimum absolute atomic E-state index is 0.193. The molecule has 244 valence electrons. The van der Waals surface area contributed by atoms with Gasteiger partial charge in [-0.1, -0.05) is 18.7 Å². The van der Waals surface area contributed by atoms with Gasteiger partial charge in [-0.05, 0) is 38.1 Å². The Morgan fingerprint density at radius 1 is 1.04 bits per heavy atom. The van der Waals surface area contributed by atoms with Crippen molar-refractivity contribution < 1.29 is 23.1 Å². The number of halogens is 2. The third-order valence-electron chi connectivity index (χ3n) is 9.01. The molecule has 3 aliphatic heterocycles. The average Bonchev–Trinajstić information content (AvgIpc) is 3.57. The number of rotatable bonds is 9. The van der Waals surface area contributed by atoms with Crippen molar-refractivity contribution in [3.63, 3.8) is 0 Å². The van der Waals surface area contributed by atoms with Crippen LogP contribution in [0.25, 0.3) is 0 Å². The van der Waals surface area contributed by atoms with Crippen molar-refractivity contribution in [3.05, 3.63) is 72.6 Å². The van der Waals surface area contributed by atoms with Crippen molar-refractivity contribution in [2.24, 2.45) is 0 Å². The normalized spacial score (nSPS) is 19.7. The van der Waals surface area contributed by atoms with Crippen LogP contribution in [0, 0.1) is 11.6 Å². The number of methoxy groups -OCH3 is 1. The van der Waals surface area contributed by atoms with Gasteiger partial charge in [0.15, 0.2) is 17.5 Å². The molecule has 3 aromatic rings. The van der Waals surface area contributed by atoms with Crippen molar-refractivity contribution in [1.82, 2.24) is 19.8 Å². The number of benzene rings is 2. The van der Waals surface area contributed by atoms with E-state index in [0.29, 0.717) is 47.8 Å². The molecule has 46 heavy (non-hydrogen) atoms. The zero-order valence-electron chi connectivity index (χ0n) is 26.2. The van der Waals surface area contributed by atoms with E-state index < -0.39 is 17.7 Å². The summed E-state index contributed by atoms with van der Waals surface area (Å²) in [7, 11) is 3.76. The van der Waals surface area contributed by atoms with E-state index in [1.807, 2.05) is 12.1 Å². The molecule has 3 fully saturated rings. The number of piperidine rings is 1. The van der Waals surface area contributed by atoms with Crippen LogP contribution in [0.3, 0.4) is 0 Å². The molecule has 0 bridgehead atoms. The summed E-state index contributed by atoms with van der Waals surface area (Å²) in [5, 5.41) is 7.72. The quantitative estimate of drug-likeness (QED) is 0.322. The molecule has 1 amide bonds. The van der Waals surface area contributed by atoms with Gasteiger partial charge in [0, 0.05) is 69.4 Å². The molecule has 4 heterocycles. The number of hydrogen-bond acceptors (Lipinski definition) is 10. The molecule has 6 rings (SSSR count). The monoisotopic (exact) mass is 634 g/mol. The fraction of sp³-hybridized carbons (Fsp3) is 0.424. The Labute approximate surface area is 267 Å². The van der Waals surface area contributed by atoms with Gasteiger partial charge in [-0.3, -0.25) is 14.5 Å². The second-order valence-corrected chi connectivity index (χ2v) is 11.8. The number of ether oxygens (including phenoxy) is 1. The molecule has 1 aromatic heterocycles. The van der Waals surface area contributed by atoms with Crippen molar-refractivity contribution in [1.29, 1.82) is 0 Å². The van der Waals surface area contributed by atoms with Crippen LogP contribution >= 0.6 is 0 Å². The standard InChI is InChI=1S/C33H40F2N8O3/c1-4-32(44)39-25-18-26(29(45-3)19-28(25)42-11-8-22(9-12-42)41-15-13-40(2)14-16-41)38-30-20-31(37-21-36-30)43-27(10-17-46-43)23-6-5-7-24(34)33(23)35/h4-7,18-22,27H,1,8-17H2,2-3H3,(H,39,44)(H,36,37,38)/t27-/m1/s1. The molecule has 11 nitrogen and oxygen atoms in total. The van der Waals surface area contributed by atoms with E-state index in [4.69, 9.17) is 9.57 Å². The highest BCUT2D eigenvalue weighted by Crippen LogP contribution is 2.41. The Morgan fingerprint density at radius 2 is 1.83 bits per heavy atom. The third kappa shape index (κ3) is 6.76. The Hall–Kier alpha value is -4.33. The van der Waals surface area contributed by atoms with E-state index in [1.165, 1.54) is 23.5 Å². The maximum atomic E-state index is 14.7. The van der Waals surface area contributed by atoms with Crippen molar-refractivity contribution in [2.75, 3.05) is 80.6 Å². The number of nitrogens with zero attached hydrogens (tertiary/aromatic N) is 6. The SMILES string of the molecule is C=CC(=O)Nc1cc(Nc2cc(N3OCC[C@@H]3c3cccc(F)c3F)ncn2)c(OC)cc1N1CCC(N2CCN(C)CC2)CC1. The van der Waals surface area contributed by atoms with Gasteiger partial charge in [-0.2, -0.15) is 0 Å². The molecule has 3 saturated heterocycles. The Kier molecular flexibility index (Phi) is 9.61.